The summed E-state index contributed by atoms with van der Waals surface area (Å²) in [5.74, 6) is -0.703. The molecule has 0 aromatic heterocycles. The third-order valence-electron chi connectivity index (χ3n) is 5.20. The number of ether oxygens (including phenoxy) is 4. The molecule has 3 rings (SSSR count). The molecular formula is C22H33ClN2O5. The average Bonchev–Trinajstić information content (AvgIpc) is 3.18. The van der Waals surface area contributed by atoms with Crippen LogP contribution in [0.5, 0.6) is 0 Å². The van der Waals surface area contributed by atoms with E-state index in [2.05, 4.69) is 17.6 Å². The van der Waals surface area contributed by atoms with Gasteiger partial charge in [0.05, 0.1) is 0 Å². The molecule has 0 spiro atoms. The number of anilines is 1. The summed E-state index contributed by atoms with van der Waals surface area (Å²) in [6, 6.07) is 6.60. The zero-order valence-corrected chi connectivity index (χ0v) is 18.7. The summed E-state index contributed by atoms with van der Waals surface area (Å²) < 4.78 is 24.0. The molecule has 0 aliphatic carbocycles. The van der Waals surface area contributed by atoms with E-state index >= 15 is 0 Å². The topological polar surface area (TPSA) is 78.1 Å². The van der Waals surface area contributed by atoms with Crippen molar-refractivity contribution in [2.24, 2.45) is 0 Å². The second-order valence-corrected chi connectivity index (χ2v) is 8.67. The minimum atomic E-state index is -0.703. The highest BCUT2D eigenvalue weighted by Crippen LogP contribution is 2.39. The first-order valence-corrected chi connectivity index (χ1v) is 11.2. The van der Waals surface area contributed by atoms with E-state index < -0.39 is 12.1 Å². The third kappa shape index (κ3) is 6.56. The second kappa shape index (κ2) is 10.8. The van der Waals surface area contributed by atoms with Crippen molar-refractivity contribution in [3.8, 4) is 0 Å². The van der Waals surface area contributed by atoms with Gasteiger partial charge in [0.25, 0.3) is 0 Å². The van der Waals surface area contributed by atoms with E-state index in [9.17, 15) is 4.79 Å². The van der Waals surface area contributed by atoms with Gasteiger partial charge in [0.1, 0.15) is 18.3 Å². The maximum atomic E-state index is 12.2. The fourth-order valence-electron chi connectivity index (χ4n) is 3.75. The molecule has 30 heavy (non-hydrogen) atoms. The Labute approximate surface area is 183 Å². The number of hydrogen-bond acceptors (Lipinski definition) is 5. The van der Waals surface area contributed by atoms with Gasteiger partial charge in [-0.1, -0.05) is 44.2 Å². The zero-order chi connectivity index (χ0) is 21.6. The standard InChI is InChI=1S/C22H33ClN2O5/c1-4-5-6-7-8-13-27-20-19-18(29-22(2,3)30-19)17(28-20)14-24-21(26)25-16-11-9-15(23)10-12-16/h9-12,17-20H,4-8,13-14H2,1-3H3,(H2,24,25,26)/t17-,18-,19-,20-/m0/s1. The third-order valence-corrected chi connectivity index (χ3v) is 5.46. The summed E-state index contributed by atoms with van der Waals surface area (Å²) in [6.07, 6.45) is 4.40. The van der Waals surface area contributed by atoms with Gasteiger partial charge in [0, 0.05) is 23.9 Å². The van der Waals surface area contributed by atoms with Gasteiger partial charge in [-0.2, -0.15) is 0 Å². The number of carbonyl (C=O) groups is 1. The molecule has 4 atom stereocenters. The number of urea groups is 1. The summed E-state index contributed by atoms with van der Waals surface area (Å²) in [7, 11) is 0. The van der Waals surface area contributed by atoms with Crippen LogP contribution in [0.1, 0.15) is 52.9 Å². The fraction of sp³-hybridized carbons (Fsp3) is 0.682. The molecule has 2 heterocycles. The number of unbranched alkanes of at least 4 members (excludes halogenated alkanes) is 4. The molecule has 7 nitrogen and oxygen atoms in total. The van der Waals surface area contributed by atoms with Gasteiger partial charge < -0.3 is 29.6 Å². The van der Waals surface area contributed by atoms with E-state index in [0.717, 1.165) is 12.8 Å². The molecule has 168 valence electrons. The monoisotopic (exact) mass is 440 g/mol. The molecule has 2 aliphatic heterocycles. The number of hydrogen-bond donors (Lipinski definition) is 2. The molecule has 2 aliphatic rings. The van der Waals surface area contributed by atoms with Gasteiger partial charge in [-0.3, -0.25) is 0 Å². The Kier molecular flexibility index (Phi) is 8.36. The Bertz CT molecular complexity index is 685. The van der Waals surface area contributed by atoms with Crippen LogP contribution in [0.3, 0.4) is 0 Å². The molecule has 0 unspecified atom stereocenters. The molecule has 2 fully saturated rings. The van der Waals surface area contributed by atoms with Crippen molar-refractivity contribution in [1.29, 1.82) is 0 Å². The smallest absolute Gasteiger partial charge is 0.319 e. The van der Waals surface area contributed by atoms with Gasteiger partial charge >= 0.3 is 6.03 Å². The van der Waals surface area contributed by atoms with E-state index in [1.807, 2.05) is 13.8 Å². The van der Waals surface area contributed by atoms with E-state index in [1.165, 1.54) is 19.3 Å². The first-order chi connectivity index (χ1) is 14.4. The molecule has 0 radical (unpaired) electrons. The summed E-state index contributed by atoms with van der Waals surface area (Å²) >= 11 is 5.87. The van der Waals surface area contributed by atoms with Crippen molar-refractivity contribution < 1.29 is 23.7 Å². The van der Waals surface area contributed by atoms with Gasteiger partial charge in [-0.15, -0.1) is 0 Å². The van der Waals surface area contributed by atoms with E-state index in [0.29, 0.717) is 17.3 Å². The van der Waals surface area contributed by atoms with E-state index in [-0.39, 0.29) is 30.9 Å². The highest BCUT2D eigenvalue weighted by atomic mass is 35.5. The maximum Gasteiger partial charge on any atom is 0.319 e. The Morgan fingerprint density at radius 1 is 1.10 bits per heavy atom. The number of rotatable bonds is 10. The normalized spacial score (nSPS) is 27.1. The molecule has 0 saturated carbocycles. The summed E-state index contributed by atoms with van der Waals surface area (Å²) in [5, 5.41) is 6.23. The number of fused-ring (bicyclic) bond motifs is 1. The lowest BCUT2D eigenvalue weighted by Crippen LogP contribution is -2.41. The lowest BCUT2D eigenvalue weighted by molar-refractivity contribution is -0.232. The van der Waals surface area contributed by atoms with Gasteiger partial charge in [-0.05, 0) is 44.5 Å². The second-order valence-electron chi connectivity index (χ2n) is 8.23. The molecule has 2 saturated heterocycles. The SMILES string of the molecule is CCCCCCCO[C@H]1O[C@@H](CNC(=O)Nc2ccc(Cl)cc2)[C@@H]2OC(C)(C)O[C@H]12. The van der Waals surface area contributed by atoms with Crippen LogP contribution < -0.4 is 10.6 Å². The van der Waals surface area contributed by atoms with Crippen LogP contribution in [0, 0.1) is 0 Å². The Morgan fingerprint density at radius 2 is 1.80 bits per heavy atom. The molecule has 2 N–H and O–H groups in total. The van der Waals surface area contributed by atoms with Crippen molar-refractivity contribution in [2.45, 2.75) is 83.3 Å². The van der Waals surface area contributed by atoms with Crippen LogP contribution in [0.4, 0.5) is 10.5 Å². The minimum Gasteiger partial charge on any atom is -0.350 e. The Hall–Kier alpha value is -1.38. The fourth-order valence-corrected chi connectivity index (χ4v) is 3.87. The molecule has 2 amide bonds. The number of nitrogens with one attached hydrogen (secondary N) is 2. The van der Waals surface area contributed by atoms with Crippen LogP contribution in [0.15, 0.2) is 24.3 Å². The van der Waals surface area contributed by atoms with Crippen LogP contribution >= 0.6 is 11.6 Å². The van der Waals surface area contributed by atoms with Gasteiger partial charge in [-0.25, -0.2) is 4.79 Å². The predicted octanol–water partition coefficient (Wildman–Crippen LogP) is 4.69. The van der Waals surface area contributed by atoms with Gasteiger partial charge in [0.15, 0.2) is 12.1 Å². The lowest BCUT2D eigenvalue weighted by Gasteiger charge is -2.24. The number of carbonyl (C=O) groups excluding carboxylic acids is 1. The highest BCUT2D eigenvalue weighted by molar-refractivity contribution is 6.30. The molecule has 1 aromatic rings. The quantitative estimate of drug-likeness (QED) is 0.516. The zero-order valence-electron chi connectivity index (χ0n) is 18.0. The summed E-state index contributed by atoms with van der Waals surface area (Å²) in [6.45, 7) is 6.87. The average molecular weight is 441 g/mol. The molecular weight excluding hydrogens is 408 g/mol. The lowest BCUT2D eigenvalue weighted by atomic mass is 10.1. The number of halogens is 1. The molecule has 8 heteroatoms. The Balaban J connectivity index is 1.47. The van der Waals surface area contributed by atoms with Crippen molar-refractivity contribution in [3.05, 3.63) is 29.3 Å². The minimum absolute atomic E-state index is 0.288. The van der Waals surface area contributed by atoms with Crippen molar-refractivity contribution in [1.82, 2.24) is 5.32 Å². The molecule has 0 bridgehead atoms. The van der Waals surface area contributed by atoms with Crippen molar-refractivity contribution in [2.75, 3.05) is 18.5 Å². The first-order valence-electron chi connectivity index (χ1n) is 10.8. The number of benzene rings is 1. The van der Waals surface area contributed by atoms with Crippen LogP contribution in [0.2, 0.25) is 5.02 Å². The largest absolute Gasteiger partial charge is 0.350 e. The van der Waals surface area contributed by atoms with Gasteiger partial charge in [0.2, 0.25) is 0 Å². The van der Waals surface area contributed by atoms with E-state index in [1.54, 1.807) is 24.3 Å². The highest BCUT2D eigenvalue weighted by Gasteiger charge is 2.55. The van der Waals surface area contributed by atoms with Crippen LogP contribution in [0.25, 0.3) is 0 Å². The Morgan fingerprint density at radius 3 is 2.53 bits per heavy atom. The first kappa shape index (κ1) is 23.3. The van der Waals surface area contributed by atoms with Crippen LogP contribution in [-0.4, -0.2) is 49.6 Å². The summed E-state index contributed by atoms with van der Waals surface area (Å²) in [4.78, 5) is 12.2. The van der Waals surface area contributed by atoms with E-state index in [4.69, 9.17) is 30.5 Å². The van der Waals surface area contributed by atoms with Crippen molar-refractivity contribution in [3.63, 3.8) is 0 Å². The predicted molar refractivity (Wildman–Crippen MR) is 116 cm³/mol. The van der Waals surface area contributed by atoms with Crippen LogP contribution in [-0.2, 0) is 18.9 Å². The maximum absolute atomic E-state index is 12.2. The van der Waals surface area contributed by atoms with Crippen molar-refractivity contribution >= 4 is 23.3 Å². The summed E-state index contributed by atoms with van der Waals surface area (Å²) in [5.41, 5.74) is 0.660. The number of amides is 2. The molecule has 1 aromatic carbocycles.